The molecule has 1 fully saturated rings. The van der Waals surface area contributed by atoms with E-state index in [1.807, 2.05) is 6.92 Å². The number of phenolic OH excluding ortho intramolecular Hbond substituents is 2. The average molecular weight is 1640 g/mol. The van der Waals surface area contributed by atoms with Crippen LogP contribution in [0, 0.1) is 11.8 Å². The molecule has 1 saturated heterocycles. The fourth-order valence-electron chi connectivity index (χ4n) is 14.2. The van der Waals surface area contributed by atoms with Crippen LogP contribution in [0.1, 0.15) is 100 Å². The number of phenols is 2. The third-order valence-corrected chi connectivity index (χ3v) is 20.9. The Hall–Kier alpha value is -13.0. The molecule has 8 rings (SSSR count). The quantitative estimate of drug-likeness (QED) is 0.0518. The van der Waals surface area contributed by atoms with Crippen molar-refractivity contribution in [1.82, 2.24) is 72.0 Å². The number of unbranched alkanes of at least 4 members (excludes halogenated alkanes) is 1. The molecular weight excluding hydrogens is 1530 g/mol. The van der Waals surface area contributed by atoms with Gasteiger partial charge in [0.2, 0.25) is 76.8 Å². The van der Waals surface area contributed by atoms with Crippen molar-refractivity contribution in [2.75, 3.05) is 54.9 Å². The third-order valence-electron chi connectivity index (χ3n) is 20.9. The van der Waals surface area contributed by atoms with Crippen LogP contribution >= 0.6 is 0 Å². The lowest BCUT2D eigenvalue weighted by atomic mass is 9.98. The number of amides is 13. The summed E-state index contributed by atoms with van der Waals surface area (Å²) in [6, 6.07) is 29.7. The van der Waals surface area contributed by atoms with Gasteiger partial charge in [0.05, 0.1) is 26.1 Å². The molecule has 0 bridgehead atoms. The van der Waals surface area contributed by atoms with Crippen molar-refractivity contribution in [2.24, 2.45) is 11.8 Å². The highest BCUT2D eigenvalue weighted by Gasteiger charge is 2.42. The number of likely N-dealkylation sites (N-methyl/N-ethyl adjacent to an activating group) is 5. The number of hydrogen-bond donors (Lipinski definition) is 12. The van der Waals surface area contributed by atoms with Gasteiger partial charge in [-0.05, 0) is 88.4 Å². The van der Waals surface area contributed by atoms with Gasteiger partial charge in [-0.25, -0.2) is 0 Å². The fourth-order valence-corrected chi connectivity index (χ4v) is 14.2. The standard InChI is InChI=1S/C88H110N14O17/c1-11-12-32-71-86(117)99(7)52-76(107)92-68(48-77(108)109)82(113)97-78(54(4)5)88(119)101(9)72(45-56-26-18-14-19-27-56)83(114)96-69(44-59-35-39-62(104)40-36-59)84(115)98(6)51-75(106)91-67(47-60-49-89-64-31-23-22-30-63(60)64)81(112)95-66(42-58-33-37-61(103)38-34-58)80(111)94-65(41-53(2)3)79(110)90-50-74(105)93-70(43-55-24-16-13-17-25-55)85(116)102(10)73(87(118)100(71)8)46-57-28-20-15-21-29-57/h13-31,33-40,49,53-54,65-73,78,89,103-104H,11-12,32,41-48,50-52H2,1-10H3,(H,90,110)(H,91,106)(H,92,107)(H,93,105)(H,94,111)(H,95,112)(H,96,114)(H,97,113)(H,108,109). The molecule has 0 saturated carbocycles. The van der Waals surface area contributed by atoms with Crippen molar-refractivity contribution in [2.45, 2.75) is 166 Å². The number of aromatic hydroxyl groups is 2. The SMILES string of the molecule is CCCCC1C(=O)N(C)CC(=O)NC(CC(=O)O)C(=O)NC(C(C)C)C(=O)N(C)C(Cc2ccccc2)C(=O)NC(Cc2ccc(O)cc2)C(=O)N(C)CC(=O)NC(Cc2c[nH]c3ccccc23)C(=O)NC(Cc2ccc(O)cc2)C(=O)NC(CC(C)C)C(=O)NCC(=O)NC(Cc2ccccc2)C(=O)N(C)C(Cc2ccccc2)C(=O)N1C. The fraction of sp³-hybridized carbons (Fsp3) is 0.409. The number of fused-ring (bicyclic) bond motifs is 1. The molecule has 0 aliphatic carbocycles. The van der Waals surface area contributed by atoms with E-state index >= 15 is 33.6 Å². The van der Waals surface area contributed by atoms with Crippen molar-refractivity contribution in [1.29, 1.82) is 0 Å². The largest absolute Gasteiger partial charge is 0.508 e. The van der Waals surface area contributed by atoms with E-state index in [1.165, 1.54) is 93.6 Å². The number of benzene rings is 6. The molecule has 2 heterocycles. The molecule has 6 aromatic carbocycles. The van der Waals surface area contributed by atoms with Crippen LogP contribution in [0.3, 0.4) is 0 Å². The van der Waals surface area contributed by atoms with Crippen LogP contribution < -0.4 is 42.5 Å². The first kappa shape index (κ1) is 91.6. The number of nitrogens with one attached hydrogen (secondary N) is 9. The Labute approximate surface area is 692 Å². The Morgan fingerprint density at radius 2 is 0.840 bits per heavy atom. The highest BCUT2D eigenvalue weighted by molar-refractivity contribution is 6.01. The summed E-state index contributed by atoms with van der Waals surface area (Å²) >= 11 is 0. The Bertz CT molecular complexity index is 4680. The minimum atomic E-state index is -1.88. The molecule has 0 spiro atoms. The first-order chi connectivity index (χ1) is 56.7. The second-order valence-corrected chi connectivity index (χ2v) is 31.0. The number of hydrogen-bond acceptors (Lipinski definition) is 16. The topological polar surface area (TPSA) is 428 Å². The summed E-state index contributed by atoms with van der Waals surface area (Å²) < 4.78 is 0. The summed E-state index contributed by atoms with van der Waals surface area (Å²) in [5.41, 5.74) is 3.82. The van der Waals surface area contributed by atoms with Crippen LogP contribution in [-0.4, -0.2) is 243 Å². The van der Waals surface area contributed by atoms with Gasteiger partial charge in [0.25, 0.3) is 0 Å². The number of aromatic amines is 1. The van der Waals surface area contributed by atoms with Gasteiger partial charge in [-0.3, -0.25) is 67.1 Å². The zero-order valence-electron chi connectivity index (χ0n) is 68.8. The second-order valence-electron chi connectivity index (χ2n) is 31.0. The first-order valence-corrected chi connectivity index (χ1v) is 39.8. The molecular formula is C88H110N14O17. The molecule has 0 radical (unpaired) electrons. The number of nitrogens with zero attached hydrogens (tertiary/aromatic N) is 5. The van der Waals surface area contributed by atoms with Crippen LogP contribution in [0.4, 0.5) is 0 Å². The van der Waals surface area contributed by atoms with Gasteiger partial charge in [0.15, 0.2) is 0 Å². The highest BCUT2D eigenvalue weighted by Crippen LogP contribution is 2.24. The Balaban J connectivity index is 1.20. The van der Waals surface area contributed by atoms with E-state index in [0.717, 1.165) is 14.7 Å². The molecule has 1 aliphatic heterocycles. The summed E-state index contributed by atoms with van der Waals surface area (Å²) in [5.74, 6) is -14.2. The van der Waals surface area contributed by atoms with Crippen LogP contribution in [0.5, 0.6) is 11.5 Å². The van der Waals surface area contributed by atoms with Gasteiger partial charge in [-0.2, -0.15) is 0 Å². The second kappa shape index (κ2) is 43.8. The van der Waals surface area contributed by atoms with Crippen molar-refractivity contribution < 1.29 is 82.4 Å². The summed E-state index contributed by atoms with van der Waals surface area (Å²) in [4.78, 5) is 216. The molecule has 10 unspecified atom stereocenters. The molecule has 634 valence electrons. The van der Waals surface area contributed by atoms with Crippen LogP contribution in [0.2, 0.25) is 0 Å². The molecule has 119 heavy (non-hydrogen) atoms. The Kier molecular flexibility index (Phi) is 33.7. The van der Waals surface area contributed by atoms with Gasteiger partial charge in [0.1, 0.15) is 71.9 Å². The van der Waals surface area contributed by atoms with Gasteiger partial charge in [0, 0.05) is 90.9 Å². The molecule has 31 heteroatoms. The molecule has 7 aromatic rings. The zero-order chi connectivity index (χ0) is 86.7. The number of carboxylic acid groups (broad SMARTS) is 1. The summed E-state index contributed by atoms with van der Waals surface area (Å²) in [6.45, 7) is 6.30. The number of rotatable bonds is 20. The van der Waals surface area contributed by atoms with Crippen LogP contribution in [-0.2, 0) is 106 Å². The minimum absolute atomic E-state index is 0.00958. The average Bonchev–Trinajstić information content (AvgIpc) is 1.53. The normalized spacial score (nSPS) is 21.9. The molecule has 31 nitrogen and oxygen atoms in total. The molecule has 12 N–H and O–H groups in total. The van der Waals surface area contributed by atoms with E-state index in [9.17, 15) is 48.9 Å². The predicted octanol–water partition coefficient (Wildman–Crippen LogP) is 3.62. The van der Waals surface area contributed by atoms with E-state index in [1.54, 1.807) is 149 Å². The van der Waals surface area contributed by atoms with E-state index in [-0.39, 0.29) is 68.8 Å². The first-order valence-electron chi connectivity index (χ1n) is 39.8. The number of carboxylic acids is 1. The molecule has 10 atom stereocenters. The number of aliphatic carboxylic acids is 1. The van der Waals surface area contributed by atoms with E-state index in [0.29, 0.717) is 57.1 Å². The maximum Gasteiger partial charge on any atom is 0.305 e. The smallest absolute Gasteiger partial charge is 0.305 e. The molecule has 1 aromatic heterocycles. The van der Waals surface area contributed by atoms with Crippen LogP contribution in [0.15, 0.2) is 170 Å². The summed E-state index contributed by atoms with van der Waals surface area (Å²) in [5, 5.41) is 53.1. The van der Waals surface area contributed by atoms with E-state index in [4.69, 9.17) is 0 Å². The lowest BCUT2D eigenvalue weighted by molar-refractivity contribution is -0.151. The zero-order valence-corrected chi connectivity index (χ0v) is 68.8. The summed E-state index contributed by atoms with van der Waals surface area (Å²) in [7, 11) is 6.61. The number of carbonyl (C=O) groups excluding carboxylic acids is 13. The maximum absolute atomic E-state index is 15.5. The van der Waals surface area contributed by atoms with E-state index < -0.39 is 175 Å². The predicted molar refractivity (Wildman–Crippen MR) is 444 cm³/mol. The van der Waals surface area contributed by atoms with Gasteiger partial charge < -0.3 is 87.3 Å². The third kappa shape index (κ3) is 26.8. The highest BCUT2D eigenvalue weighted by atomic mass is 16.4. The lowest BCUT2D eigenvalue weighted by Gasteiger charge is -2.37. The minimum Gasteiger partial charge on any atom is -0.508 e. The van der Waals surface area contributed by atoms with Gasteiger partial charge in [-0.15, -0.1) is 0 Å². The number of carbonyl (C=O) groups is 14. The van der Waals surface area contributed by atoms with E-state index in [2.05, 4.69) is 47.5 Å². The maximum atomic E-state index is 15.5. The molecule has 13 amide bonds. The monoisotopic (exact) mass is 1630 g/mol. The summed E-state index contributed by atoms with van der Waals surface area (Å²) in [6.07, 6.45) is 0.464. The lowest BCUT2D eigenvalue weighted by Crippen LogP contribution is -2.61. The van der Waals surface area contributed by atoms with Crippen molar-refractivity contribution in [3.05, 3.63) is 203 Å². The van der Waals surface area contributed by atoms with Gasteiger partial charge in [-0.1, -0.05) is 181 Å². The Morgan fingerprint density at radius 1 is 0.412 bits per heavy atom. The van der Waals surface area contributed by atoms with Crippen molar-refractivity contribution in [3.8, 4) is 11.5 Å². The van der Waals surface area contributed by atoms with Crippen molar-refractivity contribution in [3.63, 3.8) is 0 Å². The Morgan fingerprint density at radius 3 is 1.37 bits per heavy atom. The number of aromatic nitrogens is 1. The van der Waals surface area contributed by atoms with Gasteiger partial charge >= 0.3 is 5.97 Å². The van der Waals surface area contributed by atoms with Crippen LogP contribution in [0.25, 0.3) is 10.9 Å². The van der Waals surface area contributed by atoms with Crippen molar-refractivity contribution >= 4 is 93.7 Å². The molecule has 1 aliphatic rings. The number of H-pyrrole nitrogens is 1. The number of para-hydroxylation sites is 1.